The summed E-state index contributed by atoms with van der Waals surface area (Å²) < 4.78 is 5.03. The third-order valence-electron chi connectivity index (χ3n) is 2.86. The minimum Gasteiger partial charge on any atom is -0.462 e. The molecular weight excluding hydrogens is 200 g/mol. The van der Waals surface area contributed by atoms with Crippen LogP contribution < -0.4 is 0 Å². The van der Waals surface area contributed by atoms with E-state index in [0.717, 1.165) is 12.8 Å². The first-order valence-corrected chi connectivity index (χ1v) is 6.20. The molecule has 0 saturated carbocycles. The molecule has 1 rings (SSSR count). The Morgan fingerprint density at radius 3 is 2.88 bits per heavy atom. The number of ether oxygens (including phenoxy) is 1. The Kier molecular flexibility index (Phi) is 5.91. The molecular formula is C14H22O2. The minimum absolute atomic E-state index is 0.267. The van der Waals surface area contributed by atoms with E-state index in [9.17, 15) is 4.79 Å². The van der Waals surface area contributed by atoms with Gasteiger partial charge >= 0.3 is 5.97 Å². The van der Waals surface area contributed by atoms with Gasteiger partial charge in [0.05, 0.1) is 6.61 Å². The second-order valence-corrected chi connectivity index (χ2v) is 4.48. The van der Waals surface area contributed by atoms with E-state index >= 15 is 0 Å². The molecule has 16 heavy (non-hydrogen) atoms. The lowest BCUT2D eigenvalue weighted by molar-refractivity contribution is -0.139. The van der Waals surface area contributed by atoms with Crippen molar-refractivity contribution in [3.8, 4) is 0 Å². The van der Waals surface area contributed by atoms with Crippen molar-refractivity contribution in [3.63, 3.8) is 0 Å². The third-order valence-corrected chi connectivity index (χ3v) is 2.86. The van der Waals surface area contributed by atoms with Gasteiger partial charge in [-0.1, -0.05) is 18.2 Å². The standard InChI is InChI=1S/C14H22O2/c1-12(2)14(15)16-11-7-6-10-13-8-4-3-5-9-13/h8H,1,3-7,9-11H2,2H3. The zero-order chi connectivity index (χ0) is 11.8. The predicted molar refractivity (Wildman–Crippen MR) is 66.2 cm³/mol. The molecule has 0 heterocycles. The van der Waals surface area contributed by atoms with Crippen LogP contribution in [0.1, 0.15) is 51.9 Å². The average molecular weight is 222 g/mol. The summed E-state index contributed by atoms with van der Waals surface area (Å²) in [7, 11) is 0. The molecule has 2 heteroatoms. The second-order valence-electron chi connectivity index (χ2n) is 4.48. The van der Waals surface area contributed by atoms with Gasteiger partial charge < -0.3 is 4.74 Å². The molecule has 0 amide bonds. The van der Waals surface area contributed by atoms with E-state index in [1.54, 1.807) is 12.5 Å². The zero-order valence-corrected chi connectivity index (χ0v) is 10.3. The van der Waals surface area contributed by atoms with Crippen molar-refractivity contribution in [1.82, 2.24) is 0 Å². The number of rotatable bonds is 6. The molecule has 0 aromatic rings. The van der Waals surface area contributed by atoms with Crippen LogP contribution in [0, 0.1) is 0 Å². The average Bonchev–Trinajstić information content (AvgIpc) is 2.29. The van der Waals surface area contributed by atoms with Crippen molar-refractivity contribution in [1.29, 1.82) is 0 Å². The van der Waals surface area contributed by atoms with Crippen LogP contribution in [0.4, 0.5) is 0 Å². The fraction of sp³-hybridized carbons (Fsp3) is 0.643. The normalized spacial score (nSPS) is 15.4. The number of hydrogen-bond donors (Lipinski definition) is 0. The molecule has 1 aliphatic carbocycles. The van der Waals surface area contributed by atoms with Gasteiger partial charge in [-0.15, -0.1) is 0 Å². The summed E-state index contributed by atoms with van der Waals surface area (Å²) in [5, 5.41) is 0. The minimum atomic E-state index is -0.267. The first-order valence-electron chi connectivity index (χ1n) is 6.20. The molecule has 0 atom stereocenters. The maximum atomic E-state index is 11.1. The van der Waals surface area contributed by atoms with Gasteiger partial charge in [0, 0.05) is 5.57 Å². The van der Waals surface area contributed by atoms with Gasteiger partial charge in [-0.05, 0) is 51.9 Å². The number of esters is 1. The Hall–Kier alpha value is -1.05. The van der Waals surface area contributed by atoms with Crippen molar-refractivity contribution in [2.75, 3.05) is 6.61 Å². The smallest absolute Gasteiger partial charge is 0.333 e. The molecule has 0 bridgehead atoms. The molecule has 0 N–H and O–H groups in total. The Labute approximate surface area is 98.4 Å². The highest BCUT2D eigenvalue weighted by Crippen LogP contribution is 2.21. The summed E-state index contributed by atoms with van der Waals surface area (Å²) >= 11 is 0. The Morgan fingerprint density at radius 1 is 1.44 bits per heavy atom. The summed E-state index contributed by atoms with van der Waals surface area (Å²) in [5.74, 6) is -0.267. The molecule has 0 saturated heterocycles. The summed E-state index contributed by atoms with van der Waals surface area (Å²) in [5.41, 5.74) is 2.08. The lowest BCUT2D eigenvalue weighted by atomic mass is 9.96. The van der Waals surface area contributed by atoms with Gasteiger partial charge in [-0.2, -0.15) is 0 Å². The lowest BCUT2D eigenvalue weighted by Crippen LogP contribution is -2.06. The van der Waals surface area contributed by atoms with E-state index < -0.39 is 0 Å². The first kappa shape index (κ1) is 13.0. The quantitative estimate of drug-likeness (QED) is 0.296. The molecule has 0 unspecified atom stereocenters. The highest BCUT2D eigenvalue weighted by atomic mass is 16.5. The van der Waals surface area contributed by atoms with Crippen LogP contribution in [0.5, 0.6) is 0 Å². The maximum absolute atomic E-state index is 11.1. The van der Waals surface area contributed by atoms with E-state index in [1.165, 1.54) is 32.1 Å². The van der Waals surface area contributed by atoms with Gasteiger partial charge in [0.2, 0.25) is 0 Å². The SMILES string of the molecule is C=C(C)C(=O)OCCCCC1=CCCCC1. The molecule has 0 aromatic heterocycles. The van der Waals surface area contributed by atoms with Crippen molar-refractivity contribution in [3.05, 3.63) is 23.8 Å². The molecule has 0 aliphatic heterocycles. The highest BCUT2D eigenvalue weighted by Gasteiger charge is 2.04. The monoisotopic (exact) mass is 222 g/mol. The van der Waals surface area contributed by atoms with Crippen LogP contribution in [0.2, 0.25) is 0 Å². The second kappa shape index (κ2) is 7.26. The largest absolute Gasteiger partial charge is 0.462 e. The molecule has 2 nitrogen and oxygen atoms in total. The summed E-state index contributed by atoms with van der Waals surface area (Å²) in [6.45, 7) is 5.75. The van der Waals surface area contributed by atoms with E-state index in [4.69, 9.17) is 4.74 Å². The number of allylic oxidation sites excluding steroid dienone is 2. The van der Waals surface area contributed by atoms with Crippen LogP contribution >= 0.6 is 0 Å². The van der Waals surface area contributed by atoms with Crippen LogP contribution in [-0.2, 0) is 9.53 Å². The van der Waals surface area contributed by atoms with Gasteiger partial charge in [-0.25, -0.2) is 4.79 Å². The molecule has 0 spiro atoms. The molecule has 0 fully saturated rings. The fourth-order valence-corrected chi connectivity index (χ4v) is 1.87. The van der Waals surface area contributed by atoms with Gasteiger partial charge in [0.25, 0.3) is 0 Å². The summed E-state index contributed by atoms with van der Waals surface area (Å²) in [4.78, 5) is 11.1. The third kappa shape index (κ3) is 5.15. The van der Waals surface area contributed by atoms with Gasteiger partial charge in [0.1, 0.15) is 0 Å². The summed E-state index contributed by atoms with van der Waals surface area (Å²) in [6.07, 6.45) is 10.8. The number of carbonyl (C=O) groups is 1. The van der Waals surface area contributed by atoms with Crippen molar-refractivity contribution in [2.45, 2.75) is 51.9 Å². The Balaban J connectivity index is 2.01. The topological polar surface area (TPSA) is 26.3 Å². The van der Waals surface area contributed by atoms with Crippen molar-refractivity contribution < 1.29 is 9.53 Å². The highest BCUT2D eigenvalue weighted by molar-refractivity contribution is 5.86. The fourth-order valence-electron chi connectivity index (χ4n) is 1.87. The van der Waals surface area contributed by atoms with Gasteiger partial charge in [0.15, 0.2) is 0 Å². The molecule has 0 aromatic carbocycles. The van der Waals surface area contributed by atoms with E-state index in [2.05, 4.69) is 12.7 Å². The zero-order valence-electron chi connectivity index (χ0n) is 10.3. The van der Waals surface area contributed by atoms with Crippen molar-refractivity contribution >= 4 is 5.97 Å². The van der Waals surface area contributed by atoms with Crippen molar-refractivity contribution in [2.24, 2.45) is 0 Å². The van der Waals surface area contributed by atoms with E-state index in [1.807, 2.05) is 0 Å². The van der Waals surface area contributed by atoms with Crippen LogP contribution in [-0.4, -0.2) is 12.6 Å². The molecule has 90 valence electrons. The maximum Gasteiger partial charge on any atom is 0.333 e. The van der Waals surface area contributed by atoms with Gasteiger partial charge in [-0.3, -0.25) is 0 Å². The number of carbonyl (C=O) groups excluding carboxylic acids is 1. The molecule has 0 radical (unpaired) electrons. The predicted octanol–water partition coefficient (Wildman–Crippen LogP) is 3.78. The first-order chi connectivity index (χ1) is 7.70. The van der Waals surface area contributed by atoms with Crippen LogP contribution in [0.15, 0.2) is 23.8 Å². The Morgan fingerprint density at radius 2 is 2.25 bits per heavy atom. The van der Waals surface area contributed by atoms with Crippen LogP contribution in [0.3, 0.4) is 0 Å². The lowest BCUT2D eigenvalue weighted by Gasteiger charge is -2.12. The summed E-state index contributed by atoms with van der Waals surface area (Å²) in [6, 6.07) is 0. The number of unbranched alkanes of at least 4 members (excludes halogenated alkanes) is 1. The van der Waals surface area contributed by atoms with E-state index in [-0.39, 0.29) is 5.97 Å². The van der Waals surface area contributed by atoms with E-state index in [0.29, 0.717) is 12.2 Å². The van der Waals surface area contributed by atoms with Crippen LogP contribution in [0.25, 0.3) is 0 Å². The molecule has 1 aliphatic rings. The number of hydrogen-bond acceptors (Lipinski definition) is 2. The Bertz CT molecular complexity index is 276.